The highest BCUT2D eigenvalue weighted by molar-refractivity contribution is 9.10. The van der Waals surface area contributed by atoms with Crippen LogP contribution in [-0.2, 0) is 0 Å². The lowest BCUT2D eigenvalue weighted by atomic mass is 9.84. The van der Waals surface area contributed by atoms with Crippen molar-refractivity contribution in [1.29, 1.82) is 0 Å². The minimum Gasteiger partial charge on any atom is -0.349 e. The van der Waals surface area contributed by atoms with Crippen molar-refractivity contribution in [2.24, 2.45) is 17.8 Å². The highest BCUT2D eigenvalue weighted by Gasteiger charge is 2.42. The Kier molecular flexibility index (Phi) is 4.12. The van der Waals surface area contributed by atoms with Crippen molar-refractivity contribution in [3.63, 3.8) is 0 Å². The largest absolute Gasteiger partial charge is 0.349 e. The molecule has 0 aromatic carbocycles. The Hall–Kier alpha value is -1.76. The van der Waals surface area contributed by atoms with E-state index in [1.165, 1.54) is 25.7 Å². The van der Waals surface area contributed by atoms with E-state index in [-0.39, 0.29) is 11.9 Å². The summed E-state index contributed by atoms with van der Waals surface area (Å²) in [5, 5.41) is 10.7. The number of carbonyl (C=O) groups excluding carboxylic acids is 1. The van der Waals surface area contributed by atoms with Gasteiger partial charge in [-0.3, -0.25) is 9.36 Å². The van der Waals surface area contributed by atoms with Crippen LogP contribution in [0.5, 0.6) is 0 Å². The molecule has 2 bridgehead atoms. The molecule has 4 atom stereocenters. The SMILES string of the molecule is CC(NC(=O)c1cnc(-n2cnnc2)c(Br)c1)C1CC2CCC1C2. The Labute approximate surface area is 149 Å². The van der Waals surface area contributed by atoms with E-state index >= 15 is 0 Å². The van der Waals surface area contributed by atoms with E-state index in [2.05, 4.69) is 43.4 Å². The number of fused-ring (bicyclic) bond motifs is 2. The van der Waals surface area contributed by atoms with E-state index in [1.54, 1.807) is 29.5 Å². The molecule has 1 N–H and O–H groups in total. The number of rotatable bonds is 4. The summed E-state index contributed by atoms with van der Waals surface area (Å²) in [7, 11) is 0. The third kappa shape index (κ3) is 2.85. The summed E-state index contributed by atoms with van der Waals surface area (Å²) in [6.07, 6.45) is 10.1. The first-order chi connectivity index (χ1) is 11.6. The van der Waals surface area contributed by atoms with Gasteiger partial charge in [-0.2, -0.15) is 0 Å². The number of hydrogen-bond donors (Lipinski definition) is 1. The maximum Gasteiger partial charge on any atom is 0.253 e. The van der Waals surface area contributed by atoms with Gasteiger partial charge in [0, 0.05) is 12.2 Å². The lowest BCUT2D eigenvalue weighted by molar-refractivity contribution is 0.0915. The summed E-state index contributed by atoms with van der Waals surface area (Å²) in [5.41, 5.74) is 0.564. The minimum atomic E-state index is -0.0613. The van der Waals surface area contributed by atoms with Gasteiger partial charge in [-0.05, 0) is 65.9 Å². The lowest BCUT2D eigenvalue weighted by Crippen LogP contribution is -2.40. The Morgan fingerprint density at radius 1 is 1.33 bits per heavy atom. The normalized spacial score (nSPS) is 26.5. The lowest BCUT2D eigenvalue weighted by Gasteiger charge is -2.28. The zero-order chi connectivity index (χ0) is 16.7. The molecule has 2 aromatic rings. The highest BCUT2D eigenvalue weighted by Crippen LogP contribution is 2.49. The Morgan fingerprint density at radius 2 is 2.12 bits per heavy atom. The van der Waals surface area contributed by atoms with Crippen molar-refractivity contribution < 1.29 is 4.79 Å². The van der Waals surface area contributed by atoms with Gasteiger partial charge in [-0.25, -0.2) is 4.98 Å². The average Bonchev–Trinajstić information content (AvgIpc) is 3.32. The van der Waals surface area contributed by atoms with E-state index in [0.29, 0.717) is 17.3 Å². The van der Waals surface area contributed by atoms with Gasteiger partial charge in [-0.1, -0.05) is 6.42 Å². The van der Waals surface area contributed by atoms with Crippen LogP contribution in [0.1, 0.15) is 43.0 Å². The molecule has 4 rings (SSSR count). The molecule has 2 aliphatic rings. The van der Waals surface area contributed by atoms with Crippen LogP contribution in [0.25, 0.3) is 5.82 Å². The summed E-state index contributed by atoms with van der Waals surface area (Å²) in [6.45, 7) is 2.14. The van der Waals surface area contributed by atoms with Crippen LogP contribution in [0.15, 0.2) is 29.4 Å². The summed E-state index contributed by atoms with van der Waals surface area (Å²) < 4.78 is 2.44. The van der Waals surface area contributed by atoms with Gasteiger partial charge in [0.1, 0.15) is 12.7 Å². The Morgan fingerprint density at radius 3 is 2.75 bits per heavy atom. The molecule has 2 heterocycles. The number of halogens is 1. The molecule has 4 unspecified atom stereocenters. The predicted octanol–water partition coefficient (Wildman–Crippen LogP) is 2.98. The van der Waals surface area contributed by atoms with Crippen molar-refractivity contribution in [3.05, 3.63) is 35.0 Å². The van der Waals surface area contributed by atoms with Gasteiger partial charge in [0.15, 0.2) is 5.82 Å². The van der Waals surface area contributed by atoms with E-state index < -0.39 is 0 Å². The zero-order valence-electron chi connectivity index (χ0n) is 13.5. The molecule has 0 saturated heterocycles. The average molecular weight is 390 g/mol. The number of carbonyl (C=O) groups is 1. The molecular weight excluding hydrogens is 370 g/mol. The van der Waals surface area contributed by atoms with Crippen LogP contribution in [0.3, 0.4) is 0 Å². The molecule has 0 spiro atoms. The van der Waals surface area contributed by atoms with Crippen molar-refractivity contribution in [3.8, 4) is 5.82 Å². The summed E-state index contributed by atoms with van der Waals surface area (Å²) in [6, 6.07) is 2.01. The summed E-state index contributed by atoms with van der Waals surface area (Å²) >= 11 is 3.48. The van der Waals surface area contributed by atoms with Crippen molar-refractivity contribution in [2.75, 3.05) is 0 Å². The third-order valence-electron chi connectivity index (χ3n) is 5.54. The molecule has 126 valence electrons. The second-order valence-corrected chi connectivity index (χ2v) is 7.85. The number of hydrogen-bond acceptors (Lipinski definition) is 4. The molecule has 6 nitrogen and oxygen atoms in total. The second-order valence-electron chi connectivity index (χ2n) is 7.00. The van der Waals surface area contributed by atoms with Gasteiger partial charge in [0.05, 0.1) is 10.0 Å². The molecule has 2 aromatic heterocycles. The predicted molar refractivity (Wildman–Crippen MR) is 92.7 cm³/mol. The first kappa shape index (κ1) is 15.7. The standard InChI is InChI=1S/C17H20BrN5O/c1-10(14-5-11-2-3-12(14)4-11)22-17(24)13-6-15(18)16(19-7-13)23-8-20-21-9-23/h6-12,14H,2-5H2,1H3,(H,22,24). The maximum absolute atomic E-state index is 12.6. The van der Waals surface area contributed by atoms with Crippen LogP contribution in [-0.4, -0.2) is 31.7 Å². The van der Waals surface area contributed by atoms with E-state index in [9.17, 15) is 4.79 Å². The van der Waals surface area contributed by atoms with Crippen LogP contribution in [0, 0.1) is 17.8 Å². The molecule has 7 heteroatoms. The van der Waals surface area contributed by atoms with Crippen LogP contribution in [0.2, 0.25) is 0 Å². The number of amides is 1. The van der Waals surface area contributed by atoms with Crippen LogP contribution >= 0.6 is 15.9 Å². The Balaban J connectivity index is 1.45. The summed E-state index contributed by atoms with van der Waals surface area (Å²) in [5.74, 6) is 2.91. The fourth-order valence-electron chi connectivity index (χ4n) is 4.36. The van der Waals surface area contributed by atoms with Gasteiger partial charge in [0.2, 0.25) is 0 Å². The minimum absolute atomic E-state index is 0.0613. The van der Waals surface area contributed by atoms with E-state index in [4.69, 9.17) is 0 Å². The molecule has 1 amide bonds. The number of aromatic nitrogens is 4. The third-order valence-corrected chi connectivity index (χ3v) is 6.12. The molecular formula is C17H20BrN5O. The molecule has 2 fully saturated rings. The van der Waals surface area contributed by atoms with Gasteiger partial charge in [-0.15, -0.1) is 10.2 Å². The molecule has 0 radical (unpaired) electrons. The quantitative estimate of drug-likeness (QED) is 0.871. The number of nitrogens with zero attached hydrogens (tertiary/aromatic N) is 4. The van der Waals surface area contributed by atoms with Gasteiger partial charge < -0.3 is 5.32 Å². The smallest absolute Gasteiger partial charge is 0.253 e. The molecule has 0 aliphatic heterocycles. The van der Waals surface area contributed by atoms with Crippen molar-refractivity contribution in [1.82, 2.24) is 25.1 Å². The Bertz CT molecular complexity index is 747. The maximum atomic E-state index is 12.6. The van der Waals surface area contributed by atoms with E-state index in [1.807, 2.05) is 0 Å². The fraction of sp³-hybridized carbons (Fsp3) is 0.529. The monoisotopic (exact) mass is 389 g/mol. The second kappa shape index (κ2) is 6.27. The fourth-order valence-corrected chi connectivity index (χ4v) is 4.91. The van der Waals surface area contributed by atoms with Gasteiger partial charge in [0.25, 0.3) is 5.91 Å². The zero-order valence-corrected chi connectivity index (χ0v) is 15.1. The van der Waals surface area contributed by atoms with Crippen LogP contribution < -0.4 is 5.32 Å². The number of pyridine rings is 1. The highest BCUT2D eigenvalue weighted by atomic mass is 79.9. The van der Waals surface area contributed by atoms with Crippen LogP contribution in [0.4, 0.5) is 0 Å². The first-order valence-electron chi connectivity index (χ1n) is 8.43. The first-order valence-corrected chi connectivity index (χ1v) is 9.22. The topological polar surface area (TPSA) is 72.7 Å². The molecule has 2 saturated carbocycles. The van der Waals surface area contributed by atoms with Crippen molar-refractivity contribution in [2.45, 2.75) is 38.6 Å². The molecule has 24 heavy (non-hydrogen) atoms. The number of nitrogens with one attached hydrogen (secondary N) is 1. The van der Waals surface area contributed by atoms with Crippen molar-refractivity contribution >= 4 is 21.8 Å². The van der Waals surface area contributed by atoms with Gasteiger partial charge >= 0.3 is 0 Å². The van der Waals surface area contributed by atoms with E-state index in [0.717, 1.165) is 16.3 Å². The summed E-state index contributed by atoms with van der Waals surface area (Å²) in [4.78, 5) is 16.9. The molecule has 2 aliphatic carbocycles.